The highest BCUT2D eigenvalue weighted by molar-refractivity contribution is 9.11. The molecule has 1 aliphatic heterocycles. The fraction of sp³-hybridized carbons (Fsp3) is 0.0476. The molecule has 0 saturated heterocycles. The van der Waals surface area contributed by atoms with Crippen LogP contribution >= 0.6 is 27.5 Å². The molecular formula is C21H15BrClN3O2. The second kappa shape index (κ2) is 7.75. The number of fused-ring (bicyclic) bond motifs is 1. The normalized spacial score (nSPS) is 16.5. The first-order valence-electron chi connectivity index (χ1n) is 8.47. The zero-order valence-corrected chi connectivity index (χ0v) is 16.8. The number of phenols is 1. The van der Waals surface area contributed by atoms with Crippen LogP contribution in [-0.4, -0.2) is 16.4 Å². The van der Waals surface area contributed by atoms with Crippen LogP contribution in [0.25, 0.3) is 5.70 Å². The molecule has 3 aromatic carbocycles. The third-order valence-corrected chi connectivity index (χ3v) is 5.32. The van der Waals surface area contributed by atoms with Crippen LogP contribution in [0, 0.1) is 0 Å². The van der Waals surface area contributed by atoms with Crippen molar-refractivity contribution in [3.05, 3.63) is 87.9 Å². The summed E-state index contributed by atoms with van der Waals surface area (Å²) in [6, 6.07) is 21.4. The average molecular weight is 457 g/mol. The summed E-state index contributed by atoms with van der Waals surface area (Å²) in [6.45, 7) is 0. The number of halogens is 2. The van der Waals surface area contributed by atoms with Crippen molar-refractivity contribution in [2.45, 2.75) is 6.23 Å². The SMILES string of the molecule is Oc1ccc2c(c1)C(N=Nc1cccc(Cl)c1)=C(Br)C(O)N2c1ccccc1. The molecule has 1 atom stereocenters. The van der Waals surface area contributed by atoms with Gasteiger partial charge < -0.3 is 15.1 Å². The molecule has 1 heterocycles. The summed E-state index contributed by atoms with van der Waals surface area (Å²) in [5.41, 5.74) is 3.18. The van der Waals surface area contributed by atoms with Crippen LogP contribution in [0.15, 0.2) is 87.5 Å². The Labute approximate surface area is 175 Å². The predicted octanol–water partition coefficient (Wildman–Crippen LogP) is 6.36. The average Bonchev–Trinajstić information content (AvgIpc) is 2.70. The van der Waals surface area contributed by atoms with E-state index in [4.69, 9.17) is 11.6 Å². The summed E-state index contributed by atoms with van der Waals surface area (Å²) in [7, 11) is 0. The predicted molar refractivity (Wildman–Crippen MR) is 115 cm³/mol. The number of aromatic hydroxyl groups is 1. The first-order chi connectivity index (χ1) is 13.5. The highest BCUT2D eigenvalue weighted by Gasteiger charge is 2.32. The maximum Gasteiger partial charge on any atom is 0.166 e. The lowest BCUT2D eigenvalue weighted by molar-refractivity contribution is 0.225. The molecule has 0 bridgehead atoms. The standard InChI is InChI=1S/C21H15BrClN3O2/c22-19-20(25-24-14-6-4-5-13(23)11-14)17-12-16(27)9-10-18(17)26(21(19)28)15-7-2-1-3-8-15/h1-12,21,27-28H. The van der Waals surface area contributed by atoms with E-state index in [0.29, 0.717) is 32.1 Å². The Morgan fingerprint density at radius 3 is 2.46 bits per heavy atom. The number of azo groups is 1. The van der Waals surface area contributed by atoms with Crippen LogP contribution in [0.1, 0.15) is 5.56 Å². The number of benzene rings is 3. The molecule has 5 nitrogen and oxygen atoms in total. The molecule has 4 rings (SSSR count). The van der Waals surface area contributed by atoms with Gasteiger partial charge >= 0.3 is 0 Å². The van der Waals surface area contributed by atoms with Gasteiger partial charge in [-0.1, -0.05) is 35.9 Å². The molecule has 3 aromatic rings. The summed E-state index contributed by atoms with van der Waals surface area (Å²) in [5.74, 6) is 0.0962. The molecular weight excluding hydrogens is 442 g/mol. The molecule has 0 amide bonds. The van der Waals surface area contributed by atoms with Crippen LogP contribution in [0.3, 0.4) is 0 Å². The lowest BCUT2D eigenvalue weighted by Crippen LogP contribution is -2.34. The molecule has 0 fully saturated rings. The quantitative estimate of drug-likeness (QED) is 0.450. The van der Waals surface area contributed by atoms with Gasteiger partial charge in [0.15, 0.2) is 6.23 Å². The maximum atomic E-state index is 11.0. The van der Waals surface area contributed by atoms with Crippen LogP contribution in [-0.2, 0) is 0 Å². The second-order valence-corrected chi connectivity index (χ2v) is 7.45. The van der Waals surface area contributed by atoms with Gasteiger partial charge in [-0.3, -0.25) is 0 Å². The first kappa shape index (κ1) is 18.7. The van der Waals surface area contributed by atoms with Crippen LogP contribution in [0.5, 0.6) is 5.75 Å². The molecule has 28 heavy (non-hydrogen) atoms. The number of phenolic OH excluding ortho intramolecular Hbond substituents is 1. The number of rotatable bonds is 3. The van der Waals surface area contributed by atoms with Gasteiger partial charge in [-0.2, -0.15) is 5.11 Å². The highest BCUT2D eigenvalue weighted by atomic mass is 79.9. The van der Waals surface area contributed by atoms with E-state index < -0.39 is 6.23 Å². The van der Waals surface area contributed by atoms with E-state index in [2.05, 4.69) is 26.2 Å². The Morgan fingerprint density at radius 1 is 0.929 bits per heavy atom. The molecule has 0 spiro atoms. The highest BCUT2D eigenvalue weighted by Crippen LogP contribution is 2.45. The van der Waals surface area contributed by atoms with E-state index in [-0.39, 0.29) is 5.75 Å². The van der Waals surface area contributed by atoms with E-state index >= 15 is 0 Å². The second-order valence-electron chi connectivity index (χ2n) is 6.16. The van der Waals surface area contributed by atoms with Crippen molar-refractivity contribution in [3.8, 4) is 5.75 Å². The number of para-hydroxylation sites is 1. The van der Waals surface area contributed by atoms with E-state index in [0.717, 1.165) is 5.69 Å². The first-order valence-corrected chi connectivity index (χ1v) is 9.64. The Morgan fingerprint density at radius 2 is 1.71 bits per heavy atom. The van der Waals surface area contributed by atoms with Crippen molar-refractivity contribution < 1.29 is 10.2 Å². The lowest BCUT2D eigenvalue weighted by Gasteiger charge is -2.35. The smallest absolute Gasteiger partial charge is 0.166 e. The Balaban J connectivity index is 1.84. The fourth-order valence-corrected chi connectivity index (χ4v) is 3.72. The van der Waals surface area contributed by atoms with Gasteiger partial charge in [0, 0.05) is 16.3 Å². The van der Waals surface area contributed by atoms with Gasteiger partial charge in [-0.05, 0) is 64.5 Å². The lowest BCUT2D eigenvalue weighted by atomic mass is 10.0. The number of anilines is 2. The Kier molecular flexibility index (Phi) is 5.17. The van der Waals surface area contributed by atoms with Gasteiger partial charge in [0.25, 0.3) is 0 Å². The summed E-state index contributed by atoms with van der Waals surface area (Å²) < 4.78 is 0.445. The molecule has 7 heteroatoms. The molecule has 0 aliphatic carbocycles. The number of hydrogen-bond acceptors (Lipinski definition) is 5. The zero-order chi connectivity index (χ0) is 19.7. The Bertz CT molecular complexity index is 1090. The molecule has 0 saturated carbocycles. The summed E-state index contributed by atoms with van der Waals surface area (Å²) in [6.07, 6.45) is -0.993. The van der Waals surface area contributed by atoms with Gasteiger partial charge in [0.1, 0.15) is 11.4 Å². The van der Waals surface area contributed by atoms with Crippen molar-refractivity contribution in [2.75, 3.05) is 4.90 Å². The van der Waals surface area contributed by atoms with Crippen LogP contribution < -0.4 is 4.90 Å². The molecule has 2 N–H and O–H groups in total. The topological polar surface area (TPSA) is 68.4 Å². The van der Waals surface area contributed by atoms with E-state index in [1.807, 2.05) is 30.3 Å². The summed E-state index contributed by atoms with van der Waals surface area (Å²) in [5, 5.41) is 30.1. The molecule has 1 unspecified atom stereocenters. The van der Waals surface area contributed by atoms with Crippen LogP contribution in [0.2, 0.25) is 5.02 Å². The minimum absolute atomic E-state index is 0.0962. The van der Waals surface area contributed by atoms with E-state index in [1.54, 1.807) is 47.4 Å². The van der Waals surface area contributed by atoms with Crippen molar-refractivity contribution in [1.29, 1.82) is 0 Å². The van der Waals surface area contributed by atoms with Gasteiger partial charge in [0.05, 0.1) is 15.9 Å². The molecule has 0 radical (unpaired) electrons. The largest absolute Gasteiger partial charge is 0.508 e. The fourth-order valence-electron chi connectivity index (χ4n) is 3.04. The molecule has 0 aromatic heterocycles. The number of hydrogen-bond donors (Lipinski definition) is 2. The van der Waals surface area contributed by atoms with E-state index in [1.165, 1.54) is 0 Å². The minimum atomic E-state index is -0.993. The van der Waals surface area contributed by atoms with Crippen molar-refractivity contribution in [1.82, 2.24) is 0 Å². The minimum Gasteiger partial charge on any atom is -0.508 e. The number of aliphatic hydroxyl groups excluding tert-OH is 1. The maximum absolute atomic E-state index is 11.0. The summed E-state index contributed by atoms with van der Waals surface area (Å²) >= 11 is 9.47. The number of aliphatic hydroxyl groups is 1. The van der Waals surface area contributed by atoms with Crippen molar-refractivity contribution in [3.63, 3.8) is 0 Å². The number of nitrogens with zero attached hydrogens (tertiary/aromatic N) is 3. The van der Waals surface area contributed by atoms with Crippen LogP contribution in [0.4, 0.5) is 17.1 Å². The van der Waals surface area contributed by atoms with Gasteiger partial charge in [0.2, 0.25) is 0 Å². The molecule has 140 valence electrons. The third-order valence-electron chi connectivity index (χ3n) is 4.30. The Hall–Kier alpha value is -2.67. The third kappa shape index (κ3) is 3.54. The van der Waals surface area contributed by atoms with Gasteiger partial charge in [-0.15, -0.1) is 5.11 Å². The van der Waals surface area contributed by atoms with Gasteiger partial charge in [-0.25, -0.2) is 0 Å². The molecule has 1 aliphatic rings. The zero-order valence-electron chi connectivity index (χ0n) is 14.5. The van der Waals surface area contributed by atoms with Crippen molar-refractivity contribution in [2.24, 2.45) is 10.2 Å². The monoisotopic (exact) mass is 455 g/mol. The van der Waals surface area contributed by atoms with Crippen molar-refractivity contribution >= 4 is 50.3 Å². The summed E-state index contributed by atoms with van der Waals surface area (Å²) in [4.78, 5) is 1.76. The van der Waals surface area contributed by atoms with E-state index in [9.17, 15) is 10.2 Å².